The molecule has 1 aliphatic rings. The molecule has 1 unspecified atom stereocenters. The number of rotatable bonds is 4. The van der Waals surface area contributed by atoms with Crippen molar-refractivity contribution in [3.63, 3.8) is 0 Å². The molecule has 1 aliphatic heterocycles. The Labute approximate surface area is 180 Å². The van der Waals surface area contributed by atoms with Crippen LogP contribution in [-0.2, 0) is 27.7 Å². The van der Waals surface area contributed by atoms with Crippen LogP contribution in [0, 0.1) is 0 Å². The first-order valence-corrected chi connectivity index (χ1v) is 11.2. The van der Waals surface area contributed by atoms with Gasteiger partial charge in [-0.2, -0.15) is 4.31 Å². The zero-order chi connectivity index (χ0) is 21.3. The van der Waals surface area contributed by atoms with Crippen molar-refractivity contribution in [1.82, 2.24) is 4.31 Å². The monoisotopic (exact) mass is 441 g/mol. The molecule has 0 bridgehead atoms. The molecule has 154 valence electrons. The summed E-state index contributed by atoms with van der Waals surface area (Å²) in [5.74, 6) is -0.429. The number of carbonyl (C=O) groups is 1. The van der Waals surface area contributed by atoms with Crippen LogP contribution in [0.1, 0.15) is 33.1 Å². The predicted molar refractivity (Wildman–Crippen MR) is 115 cm³/mol. The van der Waals surface area contributed by atoms with Gasteiger partial charge in [0.1, 0.15) is 0 Å². The third-order valence-corrected chi connectivity index (χ3v) is 7.46. The van der Waals surface area contributed by atoms with Gasteiger partial charge in [0.15, 0.2) is 0 Å². The van der Waals surface area contributed by atoms with Gasteiger partial charge in [0.25, 0.3) is 0 Å². The summed E-state index contributed by atoms with van der Waals surface area (Å²) in [5.41, 5.74) is 3.33. The minimum Gasteiger partial charge on any atom is -0.465 e. The molecule has 0 N–H and O–H groups in total. The lowest BCUT2D eigenvalue weighted by Gasteiger charge is -2.36. The topological polar surface area (TPSA) is 63.7 Å². The summed E-state index contributed by atoms with van der Waals surface area (Å²) in [6.45, 7) is 0.268. The van der Waals surface area contributed by atoms with Crippen LogP contribution in [-0.4, -0.2) is 25.8 Å². The Hall–Kier alpha value is -2.67. The molecule has 5 nitrogen and oxygen atoms in total. The van der Waals surface area contributed by atoms with E-state index in [0.717, 1.165) is 16.7 Å². The van der Waals surface area contributed by atoms with Crippen molar-refractivity contribution in [2.24, 2.45) is 0 Å². The van der Waals surface area contributed by atoms with Crippen LogP contribution in [0.25, 0.3) is 0 Å². The van der Waals surface area contributed by atoms with Crippen molar-refractivity contribution in [1.29, 1.82) is 0 Å². The number of sulfonamides is 1. The summed E-state index contributed by atoms with van der Waals surface area (Å²) in [6, 6.07) is 20.6. The minimum atomic E-state index is -3.77. The maximum atomic E-state index is 13.5. The zero-order valence-electron chi connectivity index (χ0n) is 16.3. The van der Waals surface area contributed by atoms with E-state index in [1.54, 1.807) is 36.4 Å². The molecular weight excluding hydrogens is 422 g/mol. The smallest absolute Gasteiger partial charge is 0.337 e. The molecular formula is C23H20ClNO4S. The molecule has 0 fully saturated rings. The summed E-state index contributed by atoms with van der Waals surface area (Å²) in [4.78, 5) is 12.0. The van der Waals surface area contributed by atoms with Crippen molar-refractivity contribution in [3.8, 4) is 0 Å². The number of methoxy groups -OCH3 is 1. The Balaban J connectivity index is 1.77. The Kier molecular flexibility index (Phi) is 5.64. The van der Waals surface area contributed by atoms with Crippen molar-refractivity contribution in [3.05, 3.63) is 100 Å². The van der Waals surface area contributed by atoms with Crippen LogP contribution in [0.15, 0.2) is 77.7 Å². The van der Waals surface area contributed by atoms with Crippen molar-refractivity contribution in [2.45, 2.75) is 23.9 Å². The second-order valence-corrected chi connectivity index (χ2v) is 9.43. The number of nitrogens with zero attached hydrogens (tertiary/aromatic N) is 1. The highest BCUT2D eigenvalue weighted by Gasteiger charge is 2.36. The maximum absolute atomic E-state index is 13.5. The van der Waals surface area contributed by atoms with E-state index >= 15 is 0 Å². The highest BCUT2D eigenvalue weighted by molar-refractivity contribution is 7.89. The van der Waals surface area contributed by atoms with E-state index < -0.39 is 22.0 Å². The number of hydrogen-bond acceptors (Lipinski definition) is 4. The largest absolute Gasteiger partial charge is 0.465 e. The number of hydrogen-bond donors (Lipinski definition) is 0. The van der Waals surface area contributed by atoms with Gasteiger partial charge in [0, 0.05) is 11.6 Å². The van der Waals surface area contributed by atoms with Gasteiger partial charge in [0.2, 0.25) is 10.0 Å². The number of halogens is 1. The molecule has 0 radical (unpaired) electrons. The standard InChI is InChI=1S/C23H20ClNO4S/c1-29-23(26)17-8-6-16(7-9-17)22-14-18-4-2-3-5-19(18)15-25(22)30(27,28)21-12-10-20(24)11-13-21/h2-13,22H,14-15H2,1H3. The van der Waals surface area contributed by atoms with Crippen LogP contribution < -0.4 is 0 Å². The second kappa shape index (κ2) is 8.22. The third-order valence-electron chi connectivity index (χ3n) is 5.34. The Morgan fingerprint density at radius 3 is 2.23 bits per heavy atom. The lowest BCUT2D eigenvalue weighted by molar-refractivity contribution is 0.0600. The molecule has 3 aromatic carbocycles. The van der Waals surface area contributed by atoms with E-state index in [4.69, 9.17) is 16.3 Å². The molecule has 0 amide bonds. The Morgan fingerprint density at radius 1 is 0.967 bits per heavy atom. The van der Waals surface area contributed by atoms with Gasteiger partial charge in [-0.25, -0.2) is 13.2 Å². The fourth-order valence-corrected chi connectivity index (χ4v) is 5.45. The molecule has 0 saturated heterocycles. The average molecular weight is 442 g/mol. The van der Waals surface area contributed by atoms with E-state index in [-0.39, 0.29) is 11.4 Å². The molecule has 0 spiro atoms. The van der Waals surface area contributed by atoms with E-state index in [1.165, 1.54) is 23.5 Å². The summed E-state index contributed by atoms with van der Waals surface area (Å²) in [7, 11) is -2.44. The summed E-state index contributed by atoms with van der Waals surface area (Å²) in [5, 5.41) is 0.480. The molecule has 0 aliphatic carbocycles. The number of carbonyl (C=O) groups excluding carboxylic acids is 1. The summed E-state index contributed by atoms with van der Waals surface area (Å²) >= 11 is 5.95. The summed E-state index contributed by atoms with van der Waals surface area (Å²) in [6.07, 6.45) is 0.542. The van der Waals surface area contributed by atoms with Gasteiger partial charge in [-0.1, -0.05) is 48.0 Å². The fraction of sp³-hybridized carbons (Fsp3) is 0.174. The summed E-state index contributed by atoms with van der Waals surface area (Å²) < 4.78 is 33.3. The van der Waals surface area contributed by atoms with Gasteiger partial charge < -0.3 is 4.74 Å². The van der Waals surface area contributed by atoms with Gasteiger partial charge in [-0.05, 0) is 59.5 Å². The quantitative estimate of drug-likeness (QED) is 0.554. The molecule has 7 heteroatoms. The Bertz CT molecular complexity index is 1170. The first-order chi connectivity index (χ1) is 14.4. The van der Waals surface area contributed by atoms with Crippen LogP contribution in [0.3, 0.4) is 0 Å². The third kappa shape index (κ3) is 3.86. The first kappa shape index (κ1) is 20.6. The number of fused-ring (bicyclic) bond motifs is 1. The molecule has 30 heavy (non-hydrogen) atoms. The fourth-order valence-electron chi connectivity index (χ4n) is 3.74. The van der Waals surface area contributed by atoms with Crippen molar-refractivity contribution < 1.29 is 17.9 Å². The Morgan fingerprint density at radius 2 is 1.60 bits per heavy atom. The van der Waals surface area contributed by atoms with Crippen LogP contribution in [0.4, 0.5) is 0 Å². The van der Waals surface area contributed by atoms with Gasteiger partial charge >= 0.3 is 5.97 Å². The van der Waals surface area contributed by atoms with Crippen molar-refractivity contribution >= 4 is 27.6 Å². The van der Waals surface area contributed by atoms with E-state index in [1.807, 2.05) is 24.3 Å². The maximum Gasteiger partial charge on any atom is 0.337 e. The second-order valence-electron chi connectivity index (χ2n) is 7.11. The molecule has 4 rings (SSSR count). The van der Waals surface area contributed by atoms with Crippen LogP contribution in [0.5, 0.6) is 0 Å². The van der Waals surface area contributed by atoms with Crippen LogP contribution in [0.2, 0.25) is 5.02 Å². The lowest BCUT2D eigenvalue weighted by atomic mass is 9.91. The average Bonchev–Trinajstić information content (AvgIpc) is 2.78. The predicted octanol–water partition coefficient (Wildman–Crippen LogP) is 4.61. The molecule has 3 aromatic rings. The zero-order valence-corrected chi connectivity index (χ0v) is 17.9. The highest BCUT2D eigenvalue weighted by atomic mass is 35.5. The highest BCUT2D eigenvalue weighted by Crippen LogP contribution is 2.37. The molecule has 1 heterocycles. The van der Waals surface area contributed by atoms with E-state index in [0.29, 0.717) is 17.0 Å². The molecule has 1 atom stereocenters. The van der Waals surface area contributed by atoms with Crippen molar-refractivity contribution in [2.75, 3.05) is 7.11 Å². The van der Waals surface area contributed by atoms with Gasteiger partial charge in [-0.15, -0.1) is 0 Å². The van der Waals surface area contributed by atoms with Gasteiger partial charge in [-0.3, -0.25) is 0 Å². The number of ether oxygens (including phenoxy) is 1. The lowest BCUT2D eigenvalue weighted by Crippen LogP contribution is -2.38. The normalized spacial score (nSPS) is 16.7. The molecule has 0 saturated carbocycles. The first-order valence-electron chi connectivity index (χ1n) is 9.42. The van der Waals surface area contributed by atoms with E-state index in [9.17, 15) is 13.2 Å². The number of benzene rings is 3. The van der Waals surface area contributed by atoms with Crippen LogP contribution >= 0.6 is 11.6 Å². The minimum absolute atomic E-state index is 0.197. The SMILES string of the molecule is COC(=O)c1ccc(C2Cc3ccccc3CN2S(=O)(=O)c2ccc(Cl)cc2)cc1. The number of esters is 1. The van der Waals surface area contributed by atoms with E-state index in [2.05, 4.69) is 0 Å². The van der Waals surface area contributed by atoms with Gasteiger partial charge in [0.05, 0.1) is 23.6 Å². The molecule has 0 aromatic heterocycles.